The van der Waals surface area contributed by atoms with Gasteiger partial charge < -0.3 is 0 Å². The van der Waals surface area contributed by atoms with E-state index in [1.54, 1.807) is 13.0 Å². The van der Waals surface area contributed by atoms with Gasteiger partial charge in [-0.2, -0.15) is 0 Å². The van der Waals surface area contributed by atoms with Gasteiger partial charge in [0.05, 0.1) is 0 Å². The van der Waals surface area contributed by atoms with Gasteiger partial charge in [0.15, 0.2) is 5.78 Å². The van der Waals surface area contributed by atoms with Crippen molar-refractivity contribution in [2.24, 2.45) is 0 Å². The van der Waals surface area contributed by atoms with E-state index in [0.717, 1.165) is 0 Å². The molecule has 0 aliphatic heterocycles. The minimum absolute atomic E-state index is 0.0342. The number of ketones is 1. The number of benzene rings is 1. The van der Waals surface area contributed by atoms with Crippen LogP contribution in [0.2, 0.25) is 0 Å². The molecule has 13 heavy (non-hydrogen) atoms. The normalized spacial score (nSPS) is 8.69. The van der Waals surface area contributed by atoms with Gasteiger partial charge >= 0.3 is 0 Å². The topological polar surface area (TPSA) is 17.1 Å². The zero-order chi connectivity index (χ0) is 10.4. The molecular formula is C11H15FO. The van der Waals surface area contributed by atoms with Crippen molar-refractivity contribution < 1.29 is 9.18 Å². The first-order valence-corrected chi connectivity index (χ1v) is 4.38. The molecule has 0 spiro atoms. The van der Waals surface area contributed by atoms with Gasteiger partial charge in [-0.25, -0.2) is 4.39 Å². The van der Waals surface area contributed by atoms with Crippen LogP contribution in [-0.2, 0) is 0 Å². The van der Waals surface area contributed by atoms with E-state index in [1.165, 1.54) is 19.1 Å². The quantitative estimate of drug-likeness (QED) is 0.608. The van der Waals surface area contributed by atoms with Gasteiger partial charge in [-0.05, 0) is 37.6 Å². The average Bonchev–Trinajstić information content (AvgIpc) is 2.13. The van der Waals surface area contributed by atoms with Crippen molar-refractivity contribution in [1.29, 1.82) is 0 Å². The highest BCUT2D eigenvalue weighted by molar-refractivity contribution is 5.94. The molecule has 2 heteroatoms. The van der Waals surface area contributed by atoms with Crippen LogP contribution in [0.4, 0.5) is 4.39 Å². The molecule has 0 unspecified atom stereocenters. The van der Waals surface area contributed by atoms with Crippen LogP contribution < -0.4 is 0 Å². The Hall–Kier alpha value is -1.18. The van der Waals surface area contributed by atoms with Crippen LogP contribution in [0, 0.1) is 12.7 Å². The van der Waals surface area contributed by atoms with Crippen molar-refractivity contribution in [3.05, 3.63) is 35.1 Å². The highest BCUT2D eigenvalue weighted by Gasteiger charge is 2.01. The lowest BCUT2D eigenvalue weighted by Crippen LogP contribution is -1.93. The fraction of sp³-hybridized carbons (Fsp3) is 0.364. The number of carbonyl (C=O) groups is 1. The monoisotopic (exact) mass is 182 g/mol. The molecule has 0 saturated carbocycles. The van der Waals surface area contributed by atoms with E-state index in [2.05, 4.69) is 0 Å². The molecule has 1 nitrogen and oxygen atoms in total. The molecule has 1 rings (SSSR count). The summed E-state index contributed by atoms with van der Waals surface area (Å²) in [5.41, 5.74) is 1.07. The molecule has 0 aliphatic rings. The van der Waals surface area contributed by atoms with Crippen LogP contribution in [0.5, 0.6) is 0 Å². The van der Waals surface area contributed by atoms with Gasteiger partial charge in [-0.15, -0.1) is 0 Å². The van der Waals surface area contributed by atoms with Crippen LogP contribution in [0.25, 0.3) is 0 Å². The zero-order valence-electron chi connectivity index (χ0n) is 8.52. The molecule has 0 radical (unpaired) electrons. The van der Waals surface area contributed by atoms with Gasteiger partial charge in [-0.1, -0.05) is 13.8 Å². The third-order valence-electron chi connectivity index (χ3n) is 1.56. The number of aryl methyl sites for hydroxylation is 1. The first-order chi connectivity index (χ1) is 6.11. The van der Waals surface area contributed by atoms with E-state index in [0.29, 0.717) is 11.1 Å². The van der Waals surface area contributed by atoms with Crippen LogP contribution >= 0.6 is 0 Å². The fourth-order valence-corrected chi connectivity index (χ4v) is 0.864. The summed E-state index contributed by atoms with van der Waals surface area (Å²) >= 11 is 0. The van der Waals surface area contributed by atoms with Crippen LogP contribution in [0.1, 0.15) is 36.7 Å². The molecule has 0 heterocycles. The Kier molecular flexibility index (Phi) is 4.97. The molecule has 0 amide bonds. The predicted molar refractivity (Wildman–Crippen MR) is 52.5 cm³/mol. The smallest absolute Gasteiger partial charge is 0.159 e. The maximum Gasteiger partial charge on any atom is 0.159 e. The highest BCUT2D eigenvalue weighted by atomic mass is 19.1. The summed E-state index contributed by atoms with van der Waals surface area (Å²) in [7, 11) is 0. The SMILES string of the molecule is CC.CC(=O)c1ccc(F)c(C)c1. The Morgan fingerprint density at radius 1 is 1.31 bits per heavy atom. The largest absolute Gasteiger partial charge is 0.295 e. The number of hydrogen-bond donors (Lipinski definition) is 0. The highest BCUT2D eigenvalue weighted by Crippen LogP contribution is 2.09. The van der Waals surface area contributed by atoms with Crippen molar-refractivity contribution in [3.63, 3.8) is 0 Å². The van der Waals surface area contributed by atoms with Crippen LogP contribution in [0.3, 0.4) is 0 Å². The second kappa shape index (κ2) is 5.46. The number of Topliss-reactive ketones (excluding diaryl/α,β-unsaturated/α-hetero) is 1. The molecule has 0 fully saturated rings. The number of halogens is 1. The van der Waals surface area contributed by atoms with E-state index in [9.17, 15) is 9.18 Å². The fourth-order valence-electron chi connectivity index (χ4n) is 0.864. The maximum absolute atomic E-state index is 12.7. The molecule has 72 valence electrons. The molecule has 1 aromatic rings. The van der Waals surface area contributed by atoms with E-state index < -0.39 is 0 Å². The van der Waals surface area contributed by atoms with Crippen molar-refractivity contribution in [3.8, 4) is 0 Å². The summed E-state index contributed by atoms with van der Waals surface area (Å²) in [5, 5.41) is 0. The number of rotatable bonds is 1. The third-order valence-corrected chi connectivity index (χ3v) is 1.56. The Balaban J connectivity index is 0.000000671. The molecule has 0 saturated heterocycles. The summed E-state index contributed by atoms with van der Waals surface area (Å²) < 4.78 is 12.7. The molecule has 0 aliphatic carbocycles. The Labute approximate surface area is 78.6 Å². The van der Waals surface area contributed by atoms with Crippen LogP contribution in [0.15, 0.2) is 18.2 Å². The molecular weight excluding hydrogens is 167 g/mol. The van der Waals surface area contributed by atoms with Gasteiger partial charge in [0, 0.05) is 5.56 Å². The van der Waals surface area contributed by atoms with Gasteiger partial charge in [0.1, 0.15) is 5.82 Å². The van der Waals surface area contributed by atoms with E-state index in [4.69, 9.17) is 0 Å². The van der Waals surface area contributed by atoms with Crippen molar-refractivity contribution >= 4 is 5.78 Å². The second-order valence-corrected chi connectivity index (χ2v) is 2.52. The first-order valence-electron chi connectivity index (χ1n) is 4.38. The summed E-state index contributed by atoms with van der Waals surface area (Å²) in [6.45, 7) is 7.11. The standard InChI is InChI=1S/C9H9FO.C2H6/c1-6-5-8(7(2)11)3-4-9(6)10;1-2/h3-5H,1-2H3;1-2H3. The lowest BCUT2D eigenvalue weighted by atomic mass is 10.1. The number of carbonyl (C=O) groups excluding carboxylic acids is 1. The van der Waals surface area contributed by atoms with E-state index in [-0.39, 0.29) is 11.6 Å². The lowest BCUT2D eigenvalue weighted by Gasteiger charge is -1.97. The average molecular weight is 182 g/mol. The zero-order valence-corrected chi connectivity index (χ0v) is 8.52. The summed E-state index contributed by atoms with van der Waals surface area (Å²) in [6, 6.07) is 4.36. The Morgan fingerprint density at radius 2 is 1.85 bits per heavy atom. The van der Waals surface area contributed by atoms with E-state index >= 15 is 0 Å². The lowest BCUT2D eigenvalue weighted by molar-refractivity contribution is 0.101. The minimum Gasteiger partial charge on any atom is -0.295 e. The maximum atomic E-state index is 12.7. The van der Waals surface area contributed by atoms with Crippen molar-refractivity contribution in [1.82, 2.24) is 0 Å². The van der Waals surface area contributed by atoms with Crippen molar-refractivity contribution in [2.75, 3.05) is 0 Å². The molecule has 0 bridgehead atoms. The minimum atomic E-state index is -0.269. The van der Waals surface area contributed by atoms with Gasteiger partial charge in [0.25, 0.3) is 0 Å². The molecule has 0 atom stereocenters. The van der Waals surface area contributed by atoms with Gasteiger partial charge in [-0.3, -0.25) is 4.79 Å². The van der Waals surface area contributed by atoms with Crippen LogP contribution in [-0.4, -0.2) is 5.78 Å². The van der Waals surface area contributed by atoms with Gasteiger partial charge in [0.2, 0.25) is 0 Å². The van der Waals surface area contributed by atoms with Crippen molar-refractivity contribution in [2.45, 2.75) is 27.7 Å². The van der Waals surface area contributed by atoms with E-state index in [1.807, 2.05) is 13.8 Å². The summed E-state index contributed by atoms with van der Waals surface area (Å²) in [4.78, 5) is 10.8. The predicted octanol–water partition coefficient (Wildman–Crippen LogP) is 3.36. The summed E-state index contributed by atoms with van der Waals surface area (Å²) in [5.74, 6) is -0.303. The summed E-state index contributed by atoms with van der Waals surface area (Å²) in [6.07, 6.45) is 0. The molecule has 0 aromatic heterocycles. The molecule has 1 aromatic carbocycles. The first kappa shape index (κ1) is 11.8. The molecule has 0 N–H and O–H groups in total. The Morgan fingerprint density at radius 3 is 2.23 bits per heavy atom. The third kappa shape index (κ3) is 3.36. The number of hydrogen-bond acceptors (Lipinski definition) is 1. The Bertz CT molecular complexity index is 292. The second-order valence-electron chi connectivity index (χ2n) is 2.52.